The molecule has 4 saturated heterocycles. The van der Waals surface area contributed by atoms with Crippen LogP contribution in [0.1, 0.15) is 35.0 Å². The first-order chi connectivity index (χ1) is 26.9. The summed E-state index contributed by atoms with van der Waals surface area (Å²) >= 11 is 0. The Labute approximate surface area is 325 Å². The minimum atomic E-state index is -2.94. The fraction of sp³-hybridized carbons (Fsp3) is 0.455. The summed E-state index contributed by atoms with van der Waals surface area (Å²) in [7, 11) is -1.28. The average Bonchev–Trinajstić information content (AvgIpc) is 3.21. The summed E-state index contributed by atoms with van der Waals surface area (Å²) in [4.78, 5) is 0. The Kier molecular flexibility index (Phi) is 12.5. The molecule has 11 atom stereocenters. The van der Waals surface area contributed by atoms with Crippen LogP contribution in [0.2, 0.25) is 13.1 Å². The zero-order chi connectivity index (χ0) is 37.6. The minimum absolute atomic E-state index is 0.176. The highest BCUT2D eigenvalue weighted by Crippen LogP contribution is 2.45. The Balaban J connectivity index is 1.13. The van der Waals surface area contributed by atoms with Crippen molar-refractivity contribution in [3.05, 3.63) is 144 Å². The Morgan fingerprint density at radius 1 is 0.600 bits per heavy atom. The van der Waals surface area contributed by atoms with Gasteiger partial charge in [-0.2, -0.15) is 0 Å². The van der Waals surface area contributed by atoms with Crippen LogP contribution < -0.4 is 0 Å². The van der Waals surface area contributed by atoms with Crippen LogP contribution in [-0.2, 0) is 66.6 Å². The van der Waals surface area contributed by atoms with Crippen LogP contribution in [0.5, 0.6) is 0 Å². The number of hydrogen-bond acceptors (Lipinski definition) is 10. The predicted molar refractivity (Wildman–Crippen MR) is 206 cm³/mol. The molecule has 0 saturated carbocycles. The third-order valence-corrected chi connectivity index (χ3v) is 12.5. The van der Waals surface area contributed by atoms with Crippen LogP contribution in [0.25, 0.3) is 0 Å². The van der Waals surface area contributed by atoms with Crippen molar-refractivity contribution in [3.63, 3.8) is 0 Å². The van der Waals surface area contributed by atoms with Crippen molar-refractivity contribution >= 4 is 8.56 Å². The second-order valence-electron chi connectivity index (χ2n) is 15.2. The van der Waals surface area contributed by atoms with E-state index in [-0.39, 0.29) is 18.1 Å². The van der Waals surface area contributed by atoms with Gasteiger partial charge in [-0.15, -0.1) is 0 Å². The molecule has 4 aromatic rings. The van der Waals surface area contributed by atoms with Crippen molar-refractivity contribution in [1.29, 1.82) is 0 Å². The van der Waals surface area contributed by atoms with E-state index in [0.29, 0.717) is 39.5 Å². The van der Waals surface area contributed by atoms with E-state index in [1.807, 2.05) is 84.9 Å². The smallest absolute Gasteiger partial charge is 0.332 e. The molecule has 0 amide bonds. The lowest BCUT2D eigenvalue weighted by Crippen LogP contribution is -2.69. The SMILES string of the molecule is CO[C@@H]1O[C@@H]2CO[C@@H](c3ccccc3)O[C@H]2[C@@H]2C[C@@H]3O[C@H](COCc4ccccc4)[C@@H](OCc4ccccc4)[C@H](OCc4ccccc4)[C@H]3O[Si](C)(C)O[C@@H]12. The quantitative estimate of drug-likeness (QED) is 0.139. The first kappa shape index (κ1) is 38.6. The summed E-state index contributed by atoms with van der Waals surface area (Å²) in [5.41, 5.74) is 4.14. The van der Waals surface area contributed by atoms with Crippen LogP contribution in [0.15, 0.2) is 121 Å². The van der Waals surface area contributed by atoms with E-state index in [0.717, 1.165) is 22.3 Å². The van der Waals surface area contributed by atoms with E-state index in [1.54, 1.807) is 7.11 Å². The molecular formula is C44H52O10Si. The Bertz CT molecular complexity index is 1750. The summed E-state index contributed by atoms with van der Waals surface area (Å²) in [5, 5.41) is 0. The summed E-state index contributed by atoms with van der Waals surface area (Å²) in [6.07, 6.45) is -4.25. The zero-order valence-corrected chi connectivity index (χ0v) is 32.7. The molecule has 0 aromatic heterocycles. The van der Waals surface area contributed by atoms with Crippen molar-refractivity contribution < 1.29 is 46.7 Å². The lowest BCUT2D eigenvalue weighted by atomic mass is 9.80. The maximum absolute atomic E-state index is 7.19. The maximum Gasteiger partial charge on any atom is 0.332 e. The Hall–Kier alpha value is -3.30. The minimum Gasteiger partial charge on any atom is -0.386 e. The van der Waals surface area contributed by atoms with Crippen LogP contribution in [-0.4, -0.2) is 84.0 Å². The summed E-state index contributed by atoms with van der Waals surface area (Å²) in [6.45, 7) is 5.96. The van der Waals surface area contributed by atoms with Crippen LogP contribution >= 0.6 is 0 Å². The number of methoxy groups -OCH3 is 1. The van der Waals surface area contributed by atoms with Gasteiger partial charge in [0.25, 0.3) is 0 Å². The van der Waals surface area contributed by atoms with E-state index < -0.39 is 57.8 Å². The van der Waals surface area contributed by atoms with Gasteiger partial charge in [0.1, 0.15) is 36.6 Å². The average molecular weight is 769 g/mol. The first-order valence-electron chi connectivity index (χ1n) is 19.4. The molecular weight excluding hydrogens is 717 g/mol. The summed E-state index contributed by atoms with van der Waals surface area (Å²) in [6, 6.07) is 40.5. The normalized spacial score (nSPS) is 33.0. The molecule has 55 heavy (non-hydrogen) atoms. The first-order valence-corrected chi connectivity index (χ1v) is 22.2. The van der Waals surface area contributed by atoms with Gasteiger partial charge in [0, 0.05) is 18.6 Å². The maximum atomic E-state index is 7.19. The topological polar surface area (TPSA) is 92.3 Å². The number of ether oxygens (including phenoxy) is 8. The van der Waals surface area contributed by atoms with Gasteiger partial charge in [-0.1, -0.05) is 121 Å². The van der Waals surface area contributed by atoms with Crippen molar-refractivity contribution in [2.75, 3.05) is 20.3 Å². The molecule has 0 unspecified atom stereocenters. The number of benzene rings is 4. The van der Waals surface area contributed by atoms with Gasteiger partial charge in [0.15, 0.2) is 12.6 Å². The fourth-order valence-electron chi connectivity index (χ4n) is 8.26. The molecule has 4 heterocycles. The molecule has 4 aliphatic heterocycles. The fourth-order valence-corrected chi connectivity index (χ4v) is 10.2. The second kappa shape index (κ2) is 17.9. The molecule has 10 nitrogen and oxygen atoms in total. The van der Waals surface area contributed by atoms with Gasteiger partial charge >= 0.3 is 8.56 Å². The van der Waals surface area contributed by atoms with Gasteiger partial charge < -0.3 is 46.7 Å². The Morgan fingerprint density at radius 3 is 1.78 bits per heavy atom. The third kappa shape index (κ3) is 9.30. The number of hydrogen-bond donors (Lipinski definition) is 0. The van der Waals surface area contributed by atoms with E-state index in [4.69, 9.17) is 46.7 Å². The molecule has 4 fully saturated rings. The van der Waals surface area contributed by atoms with Crippen LogP contribution in [0.3, 0.4) is 0 Å². The molecule has 4 aromatic carbocycles. The van der Waals surface area contributed by atoms with Crippen molar-refractivity contribution in [3.8, 4) is 0 Å². The number of fused-ring (bicyclic) bond motifs is 4. The van der Waals surface area contributed by atoms with E-state index in [1.165, 1.54) is 0 Å². The van der Waals surface area contributed by atoms with Gasteiger partial charge in [0.05, 0.1) is 45.2 Å². The largest absolute Gasteiger partial charge is 0.386 e. The standard InChI is InChI=1S/C44H52O10Si/c1-45-44-39-34(38-37(51-44)29-49-43(52-38)33-22-14-7-15-23-33)24-35-41(54-55(2,3)53-39)42(48-27-32-20-12-6-13-21-32)40(47-26-31-18-10-5-11-19-31)36(50-35)28-46-25-30-16-8-4-9-17-30/h4-23,34-44H,24-29H2,1-3H3/t34-,35-,36+,37+,38-,39+,40+,41-,42-,43+,44+/m0/s1. The van der Waals surface area contributed by atoms with E-state index >= 15 is 0 Å². The summed E-state index contributed by atoms with van der Waals surface area (Å²) in [5.74, 6) is -0.176. The van der Waals surface area contributed by atoms with E-state index in [2.05, 4.69) is 49.5 Å². The molecule has 0 aliphatic carbocycles. The lowest BCUT2D eigenvalue weighted by molar-refractivity contribution is -0.357. The van der Waals surface area contributed by atoms with Crippen molar-refractivity contribution in [2.45, 2.75) is 101 Å². The molecule has 11 heteroatoms. The number of rotatable bonds is 12. The highest BCUT2D eigenvalue weighted by molar-refractivity contribution is 6.64. The molecule has 0 radical (unpaired) electrons. The van der Waals surface area contributed by atoms with Gasteiger partial charge in [-0.3, -0.25) is 0 Å². The highest BCUT2D eigenvalue weighted by Gasteiger charge is 2.58. The van der Waals surface area contributed by atoms with Gasteiger partial charge in [-0.25, -0.2) is 0 Å². The molecule has 0 bridgehead atoms. The molecule has 4 aliphatic rings. The third-order valence-electron chi connectivity index (χ3n) is 10.8. The monoisotopic (exact) mass is 768 g/mol. The van der Waals surface area contributed by atoms with Crippen LogP contribution in [0, 0.1) is 5.92 Å². The van der Waals surface area contributed by atoms with Crippen molar-refractivity contribution in [1.82, 2.24) is 0 Å². The Morgan fingerprint density at radius 2 is 1.16 bits per heavy atom. The van der Waals surface area contributed by atoms with E-state index in [9.17, 15) is 0 Å². The lowest BCUT2D eigenvalue weighted by Gasteiger charge is -2.55. The van der Waals surface area contributed by atoms with Crippen LogP contribution in [0.4, 0.5) is 0 Å². The second-order valence-corrected chi connectivity index (χ2v) is 18.4. The van der Waals surface area contributed by atoms with Gasteiger partial charge in [-0.05, 0) is 36.2 Å². The highest BCUT2D eigenvalue weighted by atomic mass is 28.4. The summed E-state index contributed by atoms with van der Waals surface area (Å²) < 4.78 is 67.1. The predicted octanol–water partition coefficient (Wildman–Crippen LogP) is 7.12. The zero-order valence-electron chi connectivity index (χ0n) is 31.7. The molecule has 0 spiro atoms. The molecule has 8 rings (SSSR count). The van der Waals surface area contributed by atoms with Gasteiger partial charge in [0.2, 0.25) is 0 Å². The van der Waals surface area contributed by atoms with Crippen molar-refractivity contribution in [2.24, 2.45) is 5.92 Å². The molecule has 292 valence electrons. The molecule has 0 N–H and O–H groups in total.